The number of furan rings is 1. The van der Waals surface area contributed by atoms with Gasteiger partial charge in [-0.2, -0.15) is 0 Å². The van der Waals surface area contributed by atoms with Crippen molar-refractivity contribution < 1.29 is 18.7 Å². The van der Waals surface area contributed by atoms with Gasteiger partial charge in [-0.1, -0.05) is 13.8 Å². The van der Waals surface area contributed by atoms with Gasteiger partial charge in [0.2, 0.25) is 0 Å². The third-order valence-corrected chi connectivity index (χ3v) is 4.01. The molecule has 130 valence electrons. The molecule has 0 saturated carbocycles. The number of fused-ring (bicyclic) bond motifs is 1. The van der Waals surface area contributed by atoms with E-state index in [0.717, 1.165) is 29.9 Å². The molecule has 0 fully saturated rings. The fourth-order valence-corrected chi connectivity index (χ4v) is 3.00. The van der Waals surface area contributed by atoms with E-state index in [4.69, 9.17) is 13.9 Å². The van der Waals surface area contributed by atoms with Crippen LogP contribution in [0.25, 0.3) is 0 Å². The van der Waals surface area contributed by atoms with Crippen LogP contribution in [0.2, 0.25) is 0 Å². The number of methoxy groups -OCH3 is 1. The minimum absolute atomic E-state index is 0.0133. The molecule has 2 amide bonds. The number of ether oxygens (including phenoxy) is 2. The number of aryl methyl sites for hydroxylation is 1. The van der Waals surface area contributed by atoms with Crippen molar-refractivity contribution in [2.75, 3.05) is 33.5 Å². The van der Waals surface area contributed by atoms with Crippen molar-refractivity contribution in [3.05, 3.63) is 23.2 Å². The van der Waals surface area contributed by atoms with Crippen LogP contribution < -0.4 is 10.6 Å². The number of carbonyl (C=O) groups excluding carboxylic acids is 1. The van der Waals surface area contributed by atoms with Crippen LogP contribution in [-0.4, -0.2) is 39.5 Å². The highest BCUT2D eigenvalue weighted by Crippen LogP contribution is 2.41. The van der Waals surface area contributed by atoms with E-state index in [1.165, 1.54) is 0 Å². The molecule has 0 bridgehead atoms. The van der Waals surface area contributed by atoms with Gasteiger partial charge in [-0.05, 0) is 24.8 Å². The summed E-state index contributed by atoms with van der Waals surface area (Å²) in [4.78, 5) is 12.1. The first-order chi connectivity index (χ1) is 10.9. The minimum Gasteiger partial charge on any atom is -0.466 e. The lowest BCUT2D eigenvalue weighted by Gasteiger charge is -2.34. The molecule has 1 unspecified atom stereocenters. The van der Waals surface area contributed by atoms with Gasteiger partial charge in [0.1, 0.15) is 11.5 Å². The van der Waals surface area contributed by atoms with E-state index in [0.29, 0.717) is 26.4 Å². The summed E-state index contributed by atoms with van der Waals surface area (Å²) in [5, 5.41) is 5.88. The van der Waals surface area contributed by atoms with Gasteiger partial charge in [-0.3, -0.25) is 0 Å². The van der Waals surface area contributed by atoms with E-state index in [2.05, 4.69) is 24.5 Å². The summed E-state index contributed by atoms with van der Waals surface area (Å²) in [5.74, 6) is 1.89. The van der Waals surface area contributed by atoms with E-state index >= 15 is 0 Å². The van der Waals surface area contributed by atoms with E-state index in [-0.39, 0.29) is 17.5 Å². The molecule has 1 aromatic heterocycles. The topological polar surface area (TPSA) is 72.7 Å². The molecular formula is C17H28N2O4. The molecule has 6 nitrogen and oxygen atoms in total. The van der Waals surface area contributed by atoms with Crippen molar-refractivity contribution in [3.8, 4) is 0 Å². The van der Waals surface area contributed by atoms with Gasteiger partial charge in [0, 0.05) is 25.6 Å². The molecule has 1 aliphatic rings. The van der Waals surface area contributed by atoms with Crippen LogP contribution in [0.3, 0.4) is 0 Å². The number of rotatable bonds is 7. The lowest BCUT2D eigenvalue weighted by Crippen LogP contribution is -2.42. The standard InChI is InChI=1S/C17H28N2O4/c1-12-9-13-14(10-17(2,3)11-15(13)23-12)19-16(20)18-5-6-22-8-7-21-4/h9,14H,5-8,10-11H2,1-4H3,(H2,18,19,20). The Morgan fingerprint density at radius 3 is 2.91 bits per heavy atom. The third kappa shape index (κ3) is 5.25. The van der Waals surface area contributed by atoms with E-state index in [1.54, 1.807) is 7.11 Å². The van der Waals surface area contributed by atoms with Crippen molar-refractivity contribution in [2.24, 2.45) is 5.41 Å². The first-order valence-corrected chi connectivity index (χ1v) is 8.11. The van der Waals surface area contributed by atoms with E-state index in [9.17, 15) is 4.79 Å². The molecule has 2 N–H and O–H groups in total. The maximum absolute atomic E-state index is 12.1. The molecule has 0 aliphatic heterocycles. The summed E-state index contributed by atoms with van der Waals surface area (Å²) in [5.41, 5.74) is 1.21. The Morgan fingerprint density at radius 2 is 2.17 bits per heavy atom. The molecule has 23 heavy (non-hydrogen) atoms. The lowest BCUT2D eigenvalue weighted by atomic mass is 9.75. The molecule has 6 heteroatoms. The second-order valence-electron chi connectivity index (χ2n) is 6.84. The molecule has 0 radical (unpaired) electrons. The van der Waals surface area contributed by atoms with Crippen LogP contribution in [0, 0.1) is 12.3 Å². The molecular weight excluding hydrogens is 296 g/mol. The zero-order valence-corrected chi connectivity index (χ0v) is 14.5. The number of amides is 2. The Balaban J connectivity index is 1.83. The molecule has 0 saturated heterocycles. The van der Waals surface area contributed by atoms with Crippen molar-refractivity contribution in [3.63, 3.8) is 0 Å². The smallest absolute Gasteiger partial charge is 0.315 e. The Kier molecular flexibility index (Phi) is 6.07. The minimum atomic E-state index is -0.173. The van der Waals surface area contributed by atoms with Gasteiger partial charge in [-0.25, -0.2) is 4.79 Å². The second kappa shape index (κ2) is 7.84. The summed E-state index contributed by atoms with van der Waals surface area (Å²) in [7, 11) is 1.63. The second-order valence-corrected chi connectivity index (χ2v) is 6.84. The van der Waals surface area contributed by atoms with Gasteiger partial charge in [0.25, 0.3) is 0 Å². The van der Waals surface area contributed by atoms with Crippen LogP contribution in [0.4, 0.5) is 4.79 Å². The number of hydrogen-bond acceptors (Lipinski definition) is 4. The number of nitrogens with one attached hydrogen (secondary N) is 2. The Labute approximate surface area is 137 Å². The highest BCUT2D eigenvalue weighted by Gasteiger charge is 2.35. The normalized spacial score (nSPS) is 19.2. The summed E-state index contributed by atoms with van der Waals surface area (Å²) in [6.07, 6.45) is 1.81. The van der Waals surface area contributed by atoms with E-state index < -0.39 is 0 Å². The van der Waals surface area contributed by atoms with Gasteiger partial charge in [0.05, 0.1) is 25.9 Å². The molecule has 0 aromatic carbocycles. The van der Waals surface area contributed by atoms with Crippen LogP contribution in [-0.2, 0) is 15.9 Å². The number of urea groups is 1. The maximum Gasteiger partial charge on any atom is 0.315 e. The van der Waals surface area contributed by atoms with Crippen molar-refractivity contribution in [1.82, 2.24) is 10.6 Å². The fraction of sp³-hybridized carbons (Fsp3) is 0.706. The highest BCUT2D eigenvalue weighted by atomic mass is 16.5. The highest BCUT2D eigenvalue weighted by molar-refractivity contribution is 5.74. The monoisotopic (exact) mass is 324 g/mol. The largest absolute Gasteiger partial charge is 0.466 e. The first kappa shape index (κ1) is 17.8. The quantitative estimate of drug-likeness (QED) is 0.756. The number of carbonyl (C=O) groups is 1. The first-order valence-electron chi connectivity index (χ1n) is 8.11. The molecule has 1 heterocycles. The van der Waals surface area contributed by atoms with Crippen molar-refractivity contribution >= 4 is 6.03 Å². The molecule has 0 spiro atoms. The predicted molar refractivity (Wildman–Crippen MR) is 87.5 cm³/mol. The lowest BCUT2D eigenvalue weighted by molar-refractivity contribution is 0.0726. The molecule has 1 aromatic rings. The summed E-state index contributed by atoms with van der Waals surface area (Å²) < 4.78 is 16.0. The molecule has 1 aliphatic carbocycles. The van der Waals surface area contributed by atoms with Crippen molar-refractivity contribution in [2.45, 2.75) is 39.7 Å². The summed E-state index contributed by atoms with van der Waals surface area (Å²) in [6.45, 7) is 8.39. The van der Waals surface area contributed by atoms with Gasteiger partial charge < -0.3 is 24.5 Å². The summed E-state index contributed by atoms with van der Waals surface area (Å²) in [6, 6.07) is 1.84. The fourth-order valence-electron chi connectivity index (χ4n) is 3.00. The zero-order valence-electron chi connectivity index (χ0n) is 14.5. The molecule has 2 rings (SSSR count). The van der Waals surface area contributed by atoms with Crippen LogP contribution in [0.1, 0.15) is 43.4 Å². The van der Waals surface area contributed by atoms with Crippen molar-refractivity contribution in [1.29, 1.82) is 0 Å². The zero-order chi connectivity index (χ0) is 16.9. The van der Waals surface area contributed by atoms with E-state index in [1.807, 2.05) is 13.0 Å². The Morgan fingerprint density at radius 1 is 1.39 bits per heavy atom. The van der Waals surface area contributed by atoms with Crippen LogP contribution in [0.5, 0.6) is 0 Å². The number of hydrogen-bond donors (Lipinski definition) is 2. The van der Waals surface area contributed by atoms with Gasteiger partial charge in [-0.15, -0.1) is 0 Å². The maximum atomic E-state index is 12.1. The predicted octanol–water partition coefficient (Wildman–Crippen LogP) is 2.56. The summed E-state index contributed by atoms with van der Waals surface area (Å²) >= 11 is 0. The van der Waals surface area contributed by atoms with Gasteiger partial charge in [0.15, 0.2) is 0 Å². The van der Waals surface area contributed by atoms with Crippen LogP contribution in [0.15, 0.2) is 10.5 Å². The SMILES string of the molecule is COCCOCCNC(=O)NC1CC(C)(C)Cc2oc(C)cc21. The average molecular weight is 324 g/mol. The Hall–Kier alpha value is -1.53. The third-order valence-electron chi connectivity index (χ3n) is 4.01. The average Bonchev–Trinajstić information content (AvgIpc) is 2.81. The Bertz CT molecular complexity index is 525. The van der Waals surface area contributed by atoms with Gasteiger partial charge >= 0.3 is 6.03 Å². The molecule has 1 atom stereocenters. The van der Waals surface area contributed by atoms with Crippen LogP contribution >= 0.6 is 0 Å².